The number of rotatable bonds is 1. The van der Waals surface area contributed by atoms with Gasteiger partial charge in [0.25, 0.3) is 0 Å². The molecule has 0 amide bonds. The number of likely N-dealkylation sites (N-methyl/N-ethyl adjacent to an activating group) is 1. The molecule has 1 aliphatic heterocycles. The number of carbonyl (C=O) groups excluding carboxylic acids is 1. The zero-order chi connectivity index (χ0) is 9.14. The third-order valence-corrected chi connectivity index (χ3v) is 2.37. The number of nitrogens with two attached hydrogens (primary N) is 1. The number of likely N-dealkylation sites (tertiary alicyclic amines) is 1. The van der Waals surface area contributed by atoms with E-state index in [-0.39, 0.29) is 17.9 Å². The lowest BCUT2D eigenvalue weighted by Crippen LogP contribution is -2.49. The van der Waals surface area contributed by atoms with Gasteiger partial charge in [0.15, 0.2) is 0 Å². The molecular weight excluding hydrogens is 156 g/mol. The highest BCUT2D eigenvalue weighted by Gasteiger charge is 2.30. The molecule has 1 heterocycles. The van der Waals surface area contributed by atoms with Crippen molar-refractivity contribution in [2.24, 2.45) is 11.7 Å². The molecule has 2 unspecified atom stereocenters. The van der Waals surface area contributed by atoms with Gasteiger partial charge in [-0.05, 0) is 20.0 Å². The van der Waals surface area contributed by atoms with Crippen LogP contribution in [-0.2, 0) is 9.53 Å². The second-order valence-corrected chi connectivity index (χ2v) is 3.34. The van der Waals surface area contributed by atoms with Crippen LogP contribution in [0.1, 0.15) is 6.42 Å². The molecule has 0 aromatic heterocycles. The van der Waals surface area contributed by atoms with Crippen molar-refractivity contribution >= 4 is 5.97 Å². The molecule has 2 atom stereocenters. The van der Waals surface area contributed by atoms with Gasteiger partial charge in [-0.25, -0.2) is 0 Å². The molecule has 12 heavy (non-hydrogen) atoms. The van der Waals surface area contributed by atoms with E-state index >= 15 is 0 Å². The third kappa shape index (κ3) is 1.95. The Morgan fingerprint density at radius 3 is 2.83 bits per heavy atom. The summed E-state index contributed by atoms with van der Waals surface area (Å²) in [4.78, 5) is 13.3. The van der Waals surface area contributed by atoms with Gasteiger partial charge in [-0.2, -0.15) is 0 Å². The molecule has 0 aromatic carbocycles. The number of ether oxygens (including phenoxy) is 1. The van der Waals surface area contributed by atoms with Crippen molar-refractivity contribution in [3.63, 3.8) is 0 Å². The Morgan fingerprint density at radius 2 is 2.33 bits per heavy atom. The lowest BCUT2D eigenvalue weighted by Gasteiger charge is -2.32. The maximum atomic E-state index is 11.2. The van der Waals surface area contributed by atoms with Crippen LogP contribution < -0.4 is 5.73 Å². The zero-order valence-corrected chi connectivity index (χ0v) is 7.62. The monoisotopic (exact) mass is 172 g/mol. The molecule has 0 spiro atoms. The second kappa shape index (κ2) is 3.87. The van der Waals surface area contributed by atoms with Crippen LogP contribution in [-0.4, -0.2) is 44.2 Å². The first-order valence-corrected chi connectivity index (χ1v) is 4.17. The fourth-order valence-electron chi connectivity index (χ4n) is 1.60. The minimum absolute atomic E-state index is 0.0730. The second-order valence-electron chi connectivity index (χ2n) is 3.34. The smallest absolute Gasteiger partial charge is 0.310 e. The highest BCUT2D eigenvalue weighted by Crippen LogP contribution is 2.16. The van der Waals surface area contributed by atoms with Crippen LogP contribution in [0.3, 0.4) is 0 Å². The van der Waals surface area contributed by atoms with Crippen LogP contribution in [0.5, 0.6) is 0 Å². The van der Waals surface area contributed by atoms with Crippen LogP contribution >= 0.6 is 0 Å². The summed E-state index contributed by atoms with van der Waals surface area (Å²) in [5.74, 6) is -0.276. The summed E-state index contributed by atoms with van der Waals surface area (Å²) in [6.45, 7) is 1.70. The molecule has 0 bridgehead atoms. The molecule has 0 aromatic rings. The third-order valence-electron chi connectivity index (χ3n) is 2.37. The molecule has 4 heteroatoms. The highest BCUT2D eigenvalue weighted by atomic mass is 16.5. The molecule has 1 rings (SSSR count). The van der Waals surface area contributed by atoms with Gasteiger partial charge in [0.05, 0.1) is 13.0 Å². The van der Waals surface area contributed by atoms with E-state index in [4.69, 9.17) is 5.73 Å². The van der Waals surface area contributed by atoms with Crippen molar-refractivity contribution in [1.29, 1.82) is 0 Å². The largest absolute Gasteiger partial charge is 0.469 e. The van der Waals surface area contributed by atoms with E-state index in [0.717, 1.165) is 19.5 Å². The number of nitrogens with zero attached hydrogens (tertiary/aromatic N) is 1. The first-order chi connectivity index (χ1) is 5.65. The molecular formula is C8H16N2O2. The molecule has 0 saturated carbocycles. The lowest BCUT2D eigenvalue weighted by molar-refractivity contribution is -0.147. The molecule has 1 fully saturated rings. The van der Waals surface area contributed by atoms with E-state index in [1.807, 2.05) is 7.05 Å². The summed E-state index contributed by atoms with van der Waals surface area (Å²) >= 11 is 0. The van der Waals surface area contributed by atoms with Gasteiger partial charge in [0.2, 0.25) is 0 Å². The van der Waals surface area contributed by atoms with Crippen LogP contribution in [0.2, 0.25) is 0 Å². The number of methoxy groups -OCH3 is 1. The average molecular weight is 172 g/mol. The van der Waals surface area contributed by atoms with E-state index in [1.165, 1.54) is 7.11 Å². The van der Waals surface area contributed by atoms with Gasteiger partial charge < -0.3 is 15.4 Å². The standard InChI is InChI=1S/C8H16N2O2/c1-10-4-3-6(7(9)5-10)8(11)12-2/h6-7H,3-5,9H2,1-2H3. The van der Waals surface area contributed by atoms with E-state index in [9.17, 15) is 4.79 Å². The van der Waals surface area contributed by atoms with Crippen molar-refractivity contribution in [1.82, 2.24) is 4.90 Å². The summed E-state index contributed by atoms with van der Waals surface area (Å²) in [5.41, 5.74) is 5.80. The minimum Gasteiger partial charge on any atom is -0.469 e. The predicted molar refractivity (Wildman–Crippen MR) is 45.6 cm³/mol. The average Bonchev–Trinajstić information content (AvgIpc) is 2.03. The summed E-state index contributed by atoms with van der Waals surface area (Å²) < 4.78 is 4.66. The van der Waals surface area contributed by atoms with Crippen molar-refractivity contribution in [2.45, 2.75) is 12.5 Å². The van der Waals surface area contributed by atoms with Crippen LogP contribution in [0.25, 0.3) is 0 Å². The Kier molecular flexibility index (Phi) is 3.05. The summed E-state index contributed by atoms with van der Waals surface area (Å²) in [6, 6.07) is -0.0730. The molecule has 0 radical (unpaired) electrons. The zero-order valence-electron chi connectivity index (χ0n) is 7.62. The summed E-state index contributed by atoms with van der Waals surface area (Å²) in [5, 5.41) is 0. The summed E-state index contributed by atoms with van der Waals surface area (Å²) in [7, 11) is 3.42. The SMILES string of the molecule is COC(=O)C1CCN(C)CC1N. The van der Waals surface area contributed by atoms with Crippen molar-refractivity contribution < 1.29 is 9.53 Å². The Morgan fingerprint density at radius 1 is 1.67 bits per heavy atom. The lowest BCUT2D eigenvalue weighted by atomic mass is 9.93. The van der Waals surface area contributed by atoms with E-state index in [1.54, 1.807) is 0 Å². The fourth-order valence-corrected chi connectivity index (χ4v) is 1.60. The Hall–Kier alpha value is -0.610. The quantitative estimate of drug-likeness (QED) is 0.539. The normalized spacial score (nSPS) is 31.6. The van der Waals surface area contributed by atoms with Crippen molar-refractivity contribution in [2.75, 3.05) is 27.2 Å². The maximum absolute atomic E-state index is 11.2. The molecule has 70 valence electrons. The maximum Gasteiger partial charge on any atom is 0.310 e. The van der Waals surface area contributed by atoms with Gasteiger partial charge in [-0.1, -0.05) is 0 Å². The Bertz CT molecular complexity index is 172. The number of hydrogen-bond donors (Lipinski definition) is 1. The first kappa shape index (κ1) is 9.48. The minimum atomic E-state index is -0.171. The summed E-state index contributed by atoms with van der Waals surface area (Å²) in [6.07, 6.45) is 0.810. The topological polar surface area (TPSA) is 55.6 Å². The Labute approximate surface area is 72.7 Å². The molecule has 1 saturated heterocycles. The van der Waals surface area contributed by atoms with E-state index in [0.29, 0.717) is 0 Å². The fraction of sp³-hybridized carbons (Fsp3) is 0.875. The van der Waals surface area contributed by atoms with E-state index in [2.05, 4.69) is 9.64 Å². The number of hydrogen-bond acceptors (Lipinski definition) is 4. The van der Waals surface area contributed by atoms with E-state index < -0.39 is 0 Å². The van der Waals surface area contributed by atoms with Crippen molar-refractivity contribution in [3.05, 3.63) is 0 Å². The van der Waals surface area contributed by atoms with Crippen LogP contribution in [0.4, 0.5) is 0 Å². The Balaban J connectivity index is 2.50. The van der Waals surface area contributed by atoms with Gasteiger partial charge in [0, 0.05) is 12.6 Å². The van der Waals surface area contributed by atoms with Gasteiger partial charge in [-0.3, -0.25) is 4.79 Å². The van der Waals surface area contributed by atoms with Gasteiger partial charge in [-0.15, -0.1) is 0 Å². The van der Waals surface area contributed by atoms with Crippen LogP contribution in [0.15, 0.2) is 0 Å². The van der Waals surface area contributed by atoms with Crippen molar-refractivity contribution in [3.8, 4) is 0 Å². The molecule has 2 N–H and O–H groups in total. The predicted octanol–water partition coefficient (Wildman–Crippen LogP) is -0.562. The first-order valence-electron chi connectivity index (χ1n) is 4.17. The van der Waals surface area contributed by atoms with Crippen LogP contribution in [0, 0.1) is 5.92 Å². The highest BCUT2D eigenvalue weighted by molar-refractivity contribution is 5.73. The molecule has 1 aliphatic rings. The number of esters is 1. The number of carbonyl (C=O) groups is 1. The van der Waals surface area contributed by atoms with Gasteiger partial charge >= 0.3 is 5.97 Å². The van der Waals surface area contributed by atoms with Gasteiger partial charge in [0.1, 0.15) is 0 Å². The molecule has 0 aliphatic carbocycles. The number of piperidine rings is 1. The molecule has 4 nitrogen and oxygen atoms in total.